The van der Waals surface area contributed by atoms with Crippen LogP contribution in [-0.4, -0.2) is 36.0 Å². The Labute approximate surface area is 205 Å². The summed E-state index contributed by atoms with van der Waals surface area (Å²) in [5.41, 5.74) is 7.10. The van der Waals surface area contributed by atoms with Crippen molar-refractivity contribution in [2.45, 2.75) is 26.2 Å². The maximum Gasteiger partial charge on any atom is 0.224 e. The second-order valence-electron chi connectivity index (χ2n) is 8.64. The van der Waals surface area contributed by atoms with Crippen molar-refractivity contribution in [1.82, 2.24) is 30.1 Å². The highest BCUT2D eigenvalue weighted by Gasteiger charge is 2.22. The van der Waals surface area contributed by atoms with Gasteiger partial charge in [0.1, 0.15) is 11.5 Å². The van der Waals surface area contributed by atoms with E-state index in [0.29, 0.717) is 23.6 Å². The molecule has 0 fully saturated rings. The predicted molar refractivity (Wildman–Crippen MR) is 135 cm³/mol. The number of H-pyrrole nitrogens is 2. The van der Waals surface area contributed by atoms with Crippen molar-refractivity contribution >= 4 is 28.2 Å². The Hall–Kier alpha value is -4.66. The molecule has 1 aromatic carbocycles. The summed E-state index contributed by atoms with van der Waals surface area (Å²) in [4.78, 5) is 28.9. The number of carbonyl (C=O) groups excluding carboxylic acids is 1. The zero-order chi connectivity index (χ0) is 24.6. The van der Waals surface area contributed by atoms with Crippen LogP contribution in [0.25, 0.3) is 39.3 Å². The molecular formula is C27H22FN7O. The normalized spacial score (nSPS) is 12.9. The van der Waals surface area contributed by atoms with Crippen molar-refractivity contribution in [2.24, 2.45) is 0 Å². The van der Waals surface area contributed by atoms with Crippen molar-refractivity contribution < 1.29 is 9.18 Å². The number of nitrogens with one attached hydrogen (secondary N) is 3. The number of halogens is 1. The van der Waals surface area contributed by atoms with Gasteiger partial charge in [0.15, 0.2) is 11.5 Å². The highest BCUT2D eigenvalue weighted by atomic mass is 19.1. The molecular weight excluding hydrogens is 457 g/mol. The van der Waals surface area contributed by atoms with E-state index < -0.39 is 0 Å². The van der Waals surface area contributed by atoms with E-state index in [9.17, 15) is 9.18 Å². The largest absolute Gasteiger partial charge is 0.340 e. The Kier molecular flexibility index (Phi) is 5.37. The van der Waals surface area contributed by atoms with Crippen LogP contribution in [0.4, 0.5) is 10.1 Å². The van der Waals surface area contributed by atoms with Gasteiger partial charge in [0.2, 0.25) is 5.91 Å². The molecule has 3 N–H and O–H groups in total. The molecule has 0 saturated heterocycles. The number of imidazole rings is 1. The third-order valence-corrected chi connectivity index (χ3v) is 6.24. The van der Waals surface area contributed by atoms with E-state index in [0.717, 1.165) is 57.6 Å². The van der Waals surface area contributed by atoms with E-state index in [1.807, 2.05) is 18.2 Å². The number of fused-ring (bicyclic) bond motifs is 2. The number of rotatable bonds is 5. The molecule has 4 aromatic heterocycles. The van der Waals surface area contributed by atoms with Crippen molar-refractivity contribution in [3.8, 4) is 22.6 Å². The van der Waals surface area contributed by atoms with Crippen LogP contribution in [0.5, 0.6) is 0 Å². The average molecular weight is 480 g/mol. The zero-order valence-corrected chi connectivity index (χ0v) is 19.5. The van der Waals surface area contributed by atoms with Gasteiger partial charge < -0.3 is 10.3 Å². The van der Waals surface area contributed by atoms with Crippen LogP contribution in [0, 0.1) is 5.82 Å². The van der Waals surface area contributed by atoms with Crippen molar-refractivity contribution in [3.63, 3.8) is 0 Å². The SMILES string of the molecule is CCC(=O)Nc1cncc(-c2cnc3n[nH]c(-c4nc5c([nH]4)CCC=C5c4cccc(F)c4)c3c2)c1. The van der Waals surface area contributed by atoms with Gasteiger partial charge in [0, 0.05) is 41.2 Å². The minimum atomic E-state index is -0.276. The van der Waals surface area contributed by atoms with E-state index in [1.165, 1.54) is 12.1 Å². The molecule has 0 saturated carbocycles. The number of benzene rings is 1. The summed E-state index contributed by atoms with van der Waals surface area (Å²) >= 11 is 0. The summed E-state index contributed by atoms with van der Waals surface area (Å²) in [6.45, 7) is 1.80. The number of hydrogen-bond acceptors (Lipinski definition) is 5. The van der Waals surface area contributed by atoms with Crippen LogP contribution in [0.15, 0.2) is 61.1 Å². The molecule has 1 aliphatic rings. The topological polar surface area (TPSA) is 112 Å². The number of anilines is 1. The van der Waals surface area contributed by atoms with Crippen LogP contribution in [0.3, 0.4) is 0 Å². The van der Waals surface area contributed by atoms with E-state index in [1.54, 1.807) is 31.6 Å². The lowest BCUT2D eigenvalue weighted by Gasteiger charge is -2.12. The highest BCUT2D eigenvalue weighted by molar-refractivity contribution is 5.94. The first-order valence-electron chi connectivity index (χ1n) is 11.7. The molecule has 1 amide bonds. The fourth-order valence-corrected chi connectivity index (χ4v) is 4.45. The quantitative estimate of drug-likeness (QED) is 0.318. The maximum absolute atomic E-state index is 13.9. The van der Waals surface area contributed by atoms with E-state index >= 15 is 0 Å². The molecule has 4 heterocycles. The van der Waals surface area contributed by atoms with Gasteiger partial charge in [-0.25, -0.2) is 14.4 Å². The molecule has 1 aliphatic carbocycles. The van der Waals surface area contributed by atoms with Gasteiger partial charge in [-0.05, 0) is 42.7 Å². The van der Waals surface area contributed by atoms with Gasteiger partial charge in [0.25, 0.3) is 0 Å². The number of aromatic amines is 2. The Morgan fingerprint density at radius 3 is 2.86 bits per heavy atom. The van der Waals surface area contributed by atoms with E-state index in [-0.39, 0.29) is 11.7 Å². The average Bonchev–Trinajstić information content (AvgIpc) is 3.52. The number of aryl methyl sites for hydroxylation is 1. The predicted octanol–water partition coefficient (Wildman–Crippen LogP) is 5.28. The van der Waals surface area contributed by atoms with Crippen LogP contribution in [0.1, 0.15) is 36.7 Å². The first kappa shape index (κ1) is 21.8. The Balaban J connectivity index is 1.39. The van der Waals surface area contributed by atoms with Crippen LogP contribution in [0.2, 0.25) is 0 Å². The minimum absolute atomic E-state index is 0.0758. The Morgan fingerprint density at radius 2 is 2.00 bits per heavy atom. The van der Waals surface area contributed by atoms with Crippen LogP contribution >= 0.6 is 0 Å². The van der Waals surface area contributed by atoms with Crippen LogP contribution < -0.4 is 5.32 Å². The maximum atomic E-state index is 13.9. The highest BCUT2D eigenvalue weighted by Crippen LogP contribution is 2.34. The first-order valence-corrected chi connectivity index (χ1v) is 11.7. The molecule has 0 radical (unpaired) electrons. The number of hydrogen-bond donors (Lipinski definition) is 3. The lowest BCUT2D eigenvalue weighted by atomic mass is 9.94. The molecule has 0 unspecified atom stereocenters. The monoisotopic (exact) mass is 479 g/mol. The number of amides is 1. The fourth-order valence-electron chi connectivity index (χ4n) is 4.45. The molecule has 178 valence electrons. The number of allylic oxidation sites excluding steroid dienone is 1. The van der Waals surface area contributed by atoms with Crippen molar-refractivity contribution in [1.29, 1.82) is 0 Å². The first-order chi connectivity index (χ1) is 17.6. The lowest BCUT2D eigenvalue weighted by molar-refractivity contribution is -0.115. The van der Waals surface area contributed by atoms with Gasteiger partial charge in [-0.15, -0.1) is 0 Å². The fraction of sp³-hybridized carbons (Fsp3) is 0.148. The second-order valence-corrected chi connectivity index (χ2v) is 8.64. The molecule has 9 heteroatoms. The van der Waals surface area contributed by atoms with Crippen molar-refractivity contribution in [3.05, 3.63) is 83.8 Å². The third kappa shape index (κ3) is 3.94. The van der Waals surface area contributed by atoms with Gasteiger partial charge in [-0.1, -0.05) is 25.1 Å². The number of pyridine rings is 2. The van der Waals surface area contributed by atoms with Gasteiger partial charge in [-0.3, -0.25) is 14.9 Å². The number of aromatic nitrogens is 6. The molecule has 5 aromatic rings. The summed E-state index contributed by atoms with van der Waals surface area (Å²) in [6, 6.07) is 10.4. The molecule has 0 spiro atoms. The lowest BCUT2D eigenvalue weighted by Crippen LogP contribution is -2.09. The Bertz CT molecular complexity index is 1650. The summed E-state index contributed by atoms with van der Waals surface area (Å²) in [7, 11) is 0. The number of carbonyl (C=O) groups is 1. The smallest absolute Gasteiger partial charge is 0.224 e. The Morgan fingerprint density at radius 1 is 1.11 bits per heavy atom. The molecule has 8 nitrogen and oxygen atoms in total. The standard InChI is InChI=1S/C27H22FN7O/c1-2-23(36)31-19-10-16(12-29-14-19)17-11-21-25(34-35-26(21)30-13-17)27-32-22-8-4-7-20(24(22)33-27)15-5-3-6-18(28)9-15/h3,5-7,9-14H,2,4,8H2,1H3,(H,31,36)(H,32,33)(H,30,34,35). The summed E-state index contributed by atoms with van der Waals surface area (Å²) in [5, 5.41) is 11.1. The van der Waals surface area contributed by atoms with Crippen molar-refractivity contribution in [2.75, 3.05) is 5.32 Å². The number of nitrogens with zero attached hydrogens (tertiary/aromatic N) is 4. The van der Waals surface area contributed by atoms with E-state index in [4.69, 9.17) is 4.98 Å². The van der Waals surface area contributed by atoms with E-state index in [2.05, 4.69) is 36.5 Å². The molecule has 0 aliphatic heterocycles. The third-order valence-electron chi connectivity index (χ3n) is 6.24. The molecule has 0 atom stereocenters. The molecule has 36 heavy (non-hydrogen) atoms. The van der Waals surface area contributed by atoms with Gasteiger partial charge in [-0.2, -0.15) is 5.10 Å². The molecule has 6 rings (SSSR count). The zero-order valence-electron chi connectivity index (χ0n) is 19.5. The van der Waals surface area contributed by atoms with Gasteiger partial charge >= 0.3 is 0 Å². The second kappa shape index (κ2) is 8.84. The molecule has 0 bridgehead atoms. The minimum Gasteiger partial charge on any atom is -0.340 e. The summed E-state index contributed by atoms with van der Waals surface area (Å²) < 4.78 is 13.9. The van der Waals surface area contributed by atoms with Crippen LogP contribution in [-0.2, 0) is 11.2 Å². The summed E-state index contributed by atoms with van der Waals surface area (Å²) in [6.07, 6.45) is 9.22. The summed E-state index contributed by atoms with van der Waals surface area (Å²) in [5.74, 6) is 0.295. The van der Waals surface area contributed by atoms with Gasteiger partial charge in [0.05, 0.1) is 23.0 Å².